The number of hydrogen-bond acceptors (Lipinski definition) is 3. The van der Waals surface area contributed by atoms with Crippen molar-refractivity contribution in [3.05, 3.63) is 24.0 Å². The van der Waals surface area contributed by atoms with E-state index in [0.29, 0.717) is 24.5 Å². The third kappa shape index (κ3) is 2.49. The Morgan fingerprint density at radius 3 is 2.82 bits per heavy atom. The van der Waals surface area contributed by atoms with Gasteiger partial charge in [0, 0.05) is 25.8 Å². The van der Waals surface area contributed by atoms with Crippen LogP contribution in [0, 0.1) is 5.82 Å². The van der Waals surface area contributed by atoms with Crippen molar-refractivity contribution in [3.8, 4) is 0 Å². The zero-order valence-electron chi connectivity index (χ0n) is 9.82. The van der Waals surface area contributed by atoms with Crippen molar-refractivity contribution in [3.63, 3.8) is 0 Å². The Morgan fingerprint density at radius 1 is 1.35 bits per heavy atom. The average Bonchev–Trinajstić information content (AvgIpc) is 2.42. The van der Waals surface area contributed by atoms with Gasteiger partial charge in [0.15, 0.2) is 0 Å². The van der Waals surface area contributed by atoms with Crippen molar-refractivity contribution in [1.29, 1.82) is 0 Å². The predicted molar refractivity (Wildman–Crippen MR) is 65.3 cm³/mol. The molecule has 0 atom stereocenters. The second-order valence-corrected chi connectivity index (χ2v) is 4.30. The normalized spacial score (nSPS) is 17.2. The average molecular weight is 237 g/mol. The van der Waals surface area contributed by atoms with Crippen molar-refractivity contribution in [2.24, 2.45) is 0 Å². The smallest absolute Gasteiger partial charge is 0.241 e. The number of amides is 1. The molecule has 0 saturated carbocycles. The molecule has 1 aliphatic rings. The van der Waals surface area contributed by atoms with Crippen LogP contribution >= 0.6 is 0 Å². The minimum Gasteiger partial charge on any atom is -0.399 e. The maximum Gasteiger partial charge on any atom is 0.241 e. The molecule has 1 aromatic carbocycles. The molecule has 0 aliphatic carbocycles. The van der Waals surface area contributed by atoms with Crippen LogP contribution in [0.5, 0.6) is 0 Å². The first-order valence-corrected chi connectivity index (χ1v) is 5.62. The van der Waals surface area contributed by atoms with E-state index >= 15 is 0 Å². The van der Waals surface area contributed by atoms with E-state index in [1.54, 1.807) is 29.0 Å². The summed E-state index contributed by atoms with van der Waals surface area (Å²) in [5.74, 6) is -0.360. The fourth-order valence-electron chi connectivity index (χ4n) is 1.97. The summed E-state index contributed by atoms with van der Waals surface area (Å²) in [5, 5.41) is 0. The summed E-state index contributed by atoms with van der Waals surface area (Å²) >= 11 is 0. The van der Waals surface area contributed by atoms with Gasteiger partial charge >= 0.3 is 0 Å². The van der Waals surface area contributed by atoms with E-state index in [2.05, 4.69) is 0 Å². The van der Waals surface area contributed by atoms with Crippen molar-refractivity contribution >= 4 is 17.3 Å². The molecule has 4 nitrogen and oxygen atoms in total. The molecule has 1 fully saturated rings. The highest BCUT2D eigenvalue weighted by Gasteiger charge is 2.21. The van der Waals surface area contributed by atoms with Gasteiger partial charge in [0.05, 0.1) is 12.2 Å². The number of hydrogen-bond donors (Lipinski definition) is 1. The Labute approximate surface area is 99.8 Å². The lowest BCUT2D eigenvalue weighted by Crippen LogP contribution is -2.34. The number of anilines is 2. The molecule has 92 valence electrons. The summed E-state index contributed by atoms with van der Waals surface area (Å²) in [6, 6.07) is 4.56. The van der Waals surface area contributed by atoms with E-state index in [9.17, 15) is 9.18 Å². The van der Waals surface area contributed by atoms with E-state index in [1.807, 2.05) is 0 Å². The largest absolute Gasteiger partial charge is 0.399 e. The van der Waals surface area contributed by atoms with Crippen molar-refractivity contribution in [1.82, 2.24) is 4.90 Å². The number of nitrogens with zero attached hydrogens (tertiary/aromatic N) is 2. The summed E-state index contributed by atoms with van der Waals surface area (Å²) in [5.41, 5.74) is 6.34. The highest BCUT2D eigenvalue weighted by molar-refractivity contribution is 5.81. The predicted octanol–water partition coefficient (Wildman–Crippen LogP) is 1.08. The van der Waals surface area contributed by atoms with Crippen LogP contribution in [-0.2, 0) is 4.79 Å². The summed E-state index contributed by atoms with van der Waals surface area (Å²) in [6.45, 7) is 1.61. The first-order valence-electron chi connectivity index (χ1n) is 5.62. The molecule has 0 radical (unpaired) electrons. The van der Waals surface area contributed by atoms with Crippen LogP contribution in [0.3, 0.4) is 0 Å². The monoisotopic (exact) mass is 237 g/mol. The van der Waals surface area contributed by atoms with Crippen LogP contribution in [-0.4, -0.2) is 37.5 Å². The summed E-state index contributed by atoms with van der Waals surface area (Å²) in [7, 11) is 1.77. The Balaban J connectivity index is 2.24. The standard InChI is InChI=1S/C12H16FN3O/c1-15-5-2-6-16(8-12(15)17)11-4-3-9(14)7-10(11)13/h3-4,7H,2,5-6,8,14H2,1H3. The number of nitrogen functional groups attached to an aromatic ring is 1. The van der Waals surface area contributed by atoms with Gasteiger partial charge in [-0.3, -0.25) is 4.79 Å². The number of halogens is 1. The van der Waals surface area contributed by atoms with Crippen molar-refractivity contribution in [2.75, 3.05) is 37.3 Å². The quantitative estimate of drug-likeness (QED) is 0.743. The van der Waals surface area contributed by atoms with E-state index < -0.39 is 0 Å². The molecule has 1 heterocycles. The Bertz CT molecular complexity index is 436. The molecular formula is C12H16FN3O. The van der Waals surface area contributed by atoms with Crippen LogP contribution < -0.4 is 10.6 Å². The molecule has 17 heavy (non-hydrogen) atoms. The van der Waals surface area contributed by atoms with Gasteiger partial charge in [-0.05, 0) is 24.6 Å². The van der Waals surface area contributed by atoms with Gasteiger partial charge in [-0.1, -0.05) is 0 Å². The van der Waals surface area contributed by atoms with Gasteiger partial charge in [0.25, 0.3) is 0 Å². The Morgan fingerprint density at radius 2 is 2.12 bits per heavy atom. The lowest BCUT2D eigenvalue weighted by atomic mass is 10.2. The van der Waals surface area contributed by atoms with Gasteiger partial charge in [0.1, 0.15) is 5.82 Å². The zero-order valence-corrected chi connectivity index (χ0v) is 9.82. The van der Waals surface area contributed by atoms with Crippen molar-refractivity contribution < 1.29 is 9.18 Å². The van der Waals surface area contributed by atoms with E-state index in [4.69, 9.17) is 5.73 Å². The van der Waals surface area contributed by atoms with E-state index in [-0.39, 0.29) is 18.3 Å². The van der Waals surface area contributed by atoms with Crippen LogP contribution in [0.2, 0.25) is 0 Å². The topological polar surface area (TPSA) is 49.6 Å². The molecule has 2 N–H and O–H groups in total. The van der Waals surface area contributed by atoms with Crippen LogP contribution in [0.1, 0.15) is 6.42 Å². The molecule has 1 aliphatic heterocycles. The first kappa shape index (κ1) is 11.7. The lowest BCUT2D eigenvalue weighted by molar-refractivity contribution is -0.127. The molecule has 5 heteroatoms. The second kappa shape index (κ2) is 4.61. The third-order valence-electron chi connectivity index (χ3n) is 2.99. The Hall–Kier alpha value is -1.78. The summed E-state index contributed by atoms with van der Waals surface area (Å²) in [6.07, 6.45) is 0.839. The number of rotatable bonds is 1. The van der Waals surface area contributed by atoms with Gasteiger partial charge in [-0.15, -0.1) is 0 Å². The molecule has 2 rings (SSSR count). The van der Waals surface area contributed by atoms with Gasteiger partial charge < -0.3 is 15.5 Å². The second-order valence-electron chi connectivity index (χ2n) is 4.30. The molecule has 1 aromatic rings. The number of carbonyl (C=O) groups is 1. The fraction of sp³-hybridized carbons (Fsp3) is 0.417. The van der Waals surface area contributed by atoms with Crippen molar-refractivity contribution in [2.45, 2.75) is 6.42 Å². The molecule has 1 amide bonds. The summed E-state index contributed by atoms with van der Waals surface area (Å²) in [4.78, 5) is 15.2. The Kier molecular flexibility index (Phi) is 3.17. The highest BCUT2D eigenvalue weighted by Crippen LogP contribution is 2.22. The maximum absolute atomic E-state index is 13.7. The van der Waals surface area contributed by atoms with Gasteiger partial charge in [0.2, 0.25) is 5.91 Å². The molecule has 1 saturated heterocycles. The van der Waals surface area contributed by atoms with Crippen LogP contribution in [0.15, 0.2) is 18.2 Å². The van der Waals surface area contributed by atoms with Gasteiger partial charge in [-0.25, -0.2) is 4.39 Å². The van der Waals surface area contributed by atoms with Gasteiger partial charge in [-0.2, -0.15) is 0 Å². The molecule has 0 bridgehead atoms. The molecule has 0 aromatic heterocycles. The van der Waals surface area contributed by atoms with E-state index in [1.165, 1.54) is 6.07 Å². The molecule has 0 spiro atoms. The SMILES string of the molecule is CN1CCCN(c2ccc(N)cc2F)CC1=O. The van der Waals surface area contributed by atoms with Crippen LogP contribution in [0.25, 0.3) is 0 Å². The maximum atomic E-state index is 13.7. The number of benzene rings is 1. The minimum absolute atomic E-state index is 0.0127. The van der Waals surface area contributed by atoms with Crippen LogP contribution in [0.4, 0.5) is 15.8 Å². The minimum atomic E-state index is -0.373. The molecule has 0 unspecified atom stereocenters. The third-order valence-corrected chi connectivity index (χ3v) is 2.99. The number of likely N-dealkylation sites (N-methyl/N-ethyl adjacent to an activating group) is 1. The van der Waals surface area contributed by atoms with E-state index in [0.717, 1.165) is 6.42 Å². The zero-order chi connectivity index (χ0) is 12.4. The molecular weight excluding hydrogens is 221 g/mol. The number of nitrogens with two attached hydrogens (primary N) is 1. The number of carbonyl (C=O) groups excluding carboxylic acids is 1. The highest BCUT2D eigenvalue weighted by atomic mass is 19.1. The fourth-order valence-corrected chi connectivity index (χ4v) is 1.97. The summed E-state index contributed by atoms with van der Waals surface area (Å²) < 4.78 is 13.7. The first-order chi connectivity index (χ1) is 8.08. The lowest BCUT2D eigenvalue weighted by Gasteiger charge is -2.22.